The molecule has 1 aliphatic rings. The molecule has 0 amide bonds. The maximum atomic E-state index is 3.84. The Morgan fingerprint density at radius 3 is 2.83 bits per heavy atom. The van der Waals surface area contributed by atoms with Crippen LogP contribution in [-0.4, -0.2) is 31.4 Å². The van der Waals surface area contributed by atoms with Crippen LogP contribution in [0.25, 0.3) is 0 Å². The summed E-state index contributed by atoms with van der Waals surface area (Å²) in [6.07, 6.45) is 2.78. The van der Waals surface area contributed by atoms with Gasteiger partial charge in [-0.05, 0) is 0 Å². The van der Waals surface area contributed by atoms with E-state index >= 15 is 0 Å². The third kappa shape index (κ3) is 0.506. The Balaban J connectivity index is 2.38. The highest BCUT2D eigenvalue weighted by atomic mass is 15.2. The Morgan fingerprint density at radius 2 is 2.67 bits per heavy atom. The van der Waals surface area contributed by atoms with Gasteiger partial charge in [-0.3, -0.25) is 4.99 Å². The summed E-state index contributed by atoms with van der Waals surface area (Å²) in [7, 11) is 1.97. The van der Waals surface area contributed by atoms with Gasteiger partial charge in [-0.25, -0.2) is 0 Å². The van der Waals surface area contributed by atoms with Gasteiger partial charge in [-0.2, -0.15) is 0 Å². The van der Waals surface area contributed by atoms with Crippen LogP contribution in [-0.2, 0) is 0 Å². The molecule has 1 radical (unpaired) electrons. The predicted octanol–water partition coefficient (Wildman–Crippen LogP) is -0.163. The van der Waals surface area contributed by atoms with Crippen molar-refractivity contribution in [3.63, 3.8) is 0 Å². The maximum Gasteiger partial charge on any atom is 0.166 e. The van der Waals surface area contributed by atoms with Crippen LogP contribution in [0, 0.1) is 0 Å². The number of hydrogen-bond donors (Lipinski definition) is 0. The van der Waals surface area contributed by atoms with Crippen molar-refractivity contribution in [2.75, 3.05) is 20.1 Å². The van der Waals surface area contributed by atoms with Gasteiger partial charge < -0.3 is 4.90 Å². The molecular weight excluding hydrogens is 76.1 g/mol. The highest BCUT2D eigenvalue weighted by Gasteiger charge is 1.95. The van der Waals surface area contributed by atoms with E-state index in [0.717, 1.165) is 13.1 Å². The van der Waals surface area contributed by atoms with Crippen molar-refractivity contribution in [1.82, 2.24) is 4.90 Å². The fourth-order valence-corrected chi connectivity index (χ4v) is 0.421. The quantitative estimate of drug-likeness (QED) is 0.397. The number of nitrogens with zero attached hydrogens (tertiary/aromatic N) is 2. The molecule has 0 N–H and O–H groups in total. The van der Waals surface area contributed by atoms with Crippen LogP contribution in [0.1, 0.15) is 0 Å². The summed E-state index contributed by atoms with van der Waals surface area (Å²) in [4.78, 5) is 5.78. The molecule has 1 rings (SSSR count). The van der Waals surface area contributed by atoms with Crippen molar-refractivity contribution in [1.29, 1.82) is 0 Å². The first-order valence-corrected chi connectivity index (χ1v) is 2.03. The molecule has 0 aromatic heterocycles. The lowest BCUT2D eigenvalue weighted by Gasteiger charge is -1.98. The van der Waals surface area contributed by atoms with Gasteiger partial charge in [0.1, 0.15) is 0 Å². The average Bonchev–Trinajstić information content (AvgIpc) is 1.86. The summed E-state index contributed by atoms with van der Waals surface area (Å²) in [6, 6.07) is 0. The summed E-state index contributed by atoms with van der Waals surface area (Å²) in [6.45, 7) is 1.97. The predicted molar refractivity (Wildman–Crippen MR) is 24.9 cm³/mol. The molecule has 2 nitrogen and oxygen atoms in total. The standard InChI is InChI=1S/C4H7N2/c1-6-3-2-5-4-6/h2-3H2,1H3. The second-order valence-corrected chi connectivity index (χ2v) is 1.40. The zero-order valence-corrected chi connectivity index (χ0v) is 3.81. The van der Waals surface area contributed by atoms with Crippen molar-refractivity contribution >= 4 is 6.34 Å². The lowest BCUT2D eigenvalue weighted by molar-refractivity contribution is 0.568. The van der Waals surface area contributed by atoms with Crippen molar-refractivity contribution in [2.24, 2.45) is 4.99 Å². The summed E-state index contributed by atoms with van der Waals surface area (Å²) >= 11 is 0. The number of aliphatic imine (C=N–C) groups is 1. The summed E-state index contributed by atoms with van der Waals surface area (Å²) in [5.41, 5.74) is 0. The summed E-state index contributed by atoms with van der Waals surface area (Å²) < 4.78 is 0. The molecule has 1 aliphatic heterocycles. The molecule has 0 aromatic rings. The monoisotopic (exact) mass is 83.1 g/mol. The van der Waals surface area contributed by atoms with E-state index < -0.39 is 0 Å². The largest absolute Gasteiger partial charge is 0.355 e. The molecule has 0 saturated heterocycles. The van der Waals surface area contributed by atoms with E-state index in [1.165, 1.54) is 0 Å². The van der Waals surface area contributed by atoms with E-state index in [9.17, 15) is 0 Å². The molecule has 0 unspecified atom stereocenters. The van der Waals surface area contributed by atoms with E-state index in [-0.39, 0.29) is 0 Å². The first-order valence-electron chi connectivity index (χ1n) is 2.03. The molecule has 0 aromatic carbocycles. The molecule has 2 heteroatoms. The molecule has 6 heavy (non-hydrogen) atoms. The van der Waals surface area contributed by atoms with Gasteiger partial charge in [0.25, 0.3) is 0 Å². The van der Waals surface area contributed by atoms with E-state index in [2.05, 4.69) is 11.3 Å². The highest BCUT2D eigenvalue weighted by molar-refractivity contribution is 5.56. The second-order valence-electron chi connectivity index (χ2n) is 1.40. The number of rotatable bonds is 0. The molecule has 0 spiro atoms. The van der Waals surface area contributed by atoms with Gasteiger partial charge in [0.15, 0.2) is 6.34 Å². The Bertz CT molecular complexity index is 67.9. The molecule has 1 heterocycles. The molecular formula is C4H7N2. The first kappa shape index (κ1) is 3.65. The van der Waals surface area contributed by atoms with Crippen LogP contribution >= 0.6 is 0 Å². The van der Waals surface area contributed by atoms with E-state index in [4.69, 9.17) is 0 Å². The Labute approximate surface area is 37.5 Å². The van der Waals surface area contributed by atoms with Crippen molar-refractivity contribution in [2.45, 2.75) is 0 Å². The zero-order valence-electron chi connectivity index (χ0n) is 3.81. The number of likely N-dealkylation sites (N-methyl/N-ethyl adjacent to an activating group) is 1. The molecule has 0 saturated carbocycles. The summed E-state index contributed by atoms with van der Waals surface area (Å²) in [5.74, 6) is 0. The third-order valence-electron chi connectivity index (χ3n) is 0.789. The van der Waals surface area contributed by atoms with Gasteiger partial charge >= 0.3 is 0 Å². The Hall–Kier alpha value is -0.530. The van der Waals surface area contributed by atoms with Crippen LogP contribution in [0.15, 0.2) is 4.99 Å². The fraction of sp³-hybridized carbons (Fsp3) is 0.750. The van der Waals surface area contributed by atoms with Gasteiger partial charge in [0.2, 0.25) is 0 Å². The van der Waals surface area contributed by atoms with Gasteiger partial charge in [-0.1, -0.05) is 0 Å². The van der Waals surface area contributed by atoms with Crippen LogP contribution in [0.2, 0.25) is 0 Å². The molecule has 0 fully saturated rings. The molecule has 33 valence electrons. The normalized spacial score (nSPS) is 19.8. The number of hydrogen-bond acceptors (Lipinski definition) is 2. The van der Waals surface area contributed by atoms with Gasteiger partial charge in [-0.15, -0.1) is 0 Å². The maximum absolute atomic E-state index is 3.84. The SMILES string of the molecule is CN1[C]=NCC1. The van der Waals surface area contributed by atoms with Gasteiger partial charge in [0.05, 0.1) is 6.54 Å². The van der Waals surface area contributed by atoms with E-state index in [0.29, 0.717) is 0 Å². The van der Waals surface area contributed by atoms with Crippen LogP contribution in [0.5, 0.6) is 0 Å². The lowest BCUT2D eigenvalue weighted by atomic mass is 10.6. The minimum Gasteiger partial charge on any atom is -0.355 e. The smallest absolute Gasteiger partial charge is 0.166 e. The molecule has 0 atom stereocenters. The Kier molecular flexibility index (Phi) is 0.783. The fourth-order valence-electron chi connectivity index (χ4n) is 0.421. The molecule has 0 aliphatic carbocycles. The van der Waals surface area contributed by atoms with Crippen molar-refractivity contribution in [3.8, 4) is 0 Å². The van der Waals surface area contributed by atoms with Gasteiger partial charge in [0, 0.05) is 13.6 Å². The third-order valence-corrected chi connectivity index (χ3v) is 0.789. The van der Waals surface area contributed by atoms with Crippen molar-refractivity contribution < 1.29 is 0 Å². The van der Waals surface area contributed by atoms with Crippen LogP contribution < -0.4 is 0 Å². The summed E-state index contributed by atoms with van der Waals surface area (Å²) in [5, 5.41) is 0. The average molecular weight is 83.1 g/mol. The minimum absolute atomic E-state index is 0.927. The highest BCUT2D eigenvalue weighted by Crippen LogP contribution is 1.84. The van der Waals surface area contributed by atoms with E-state index in [1.807, 2.05) is 11.9 Å². The van der Waals surface area contributed by atoms with Crippen LogP contribution in [0.3, 0.4) is 0 Å². The van der Waals surface area contributed by atoms with Crippen LogP contribution in [0.4, 0.5) is 0 Å². The lowest BCUT2D eigenvalue weighted by Crippen LogP contribution is -2.11. The first-order chi connectivity index (χ1) is 2.89. The molecule has 0 bridgehead atoms. The Morgan fingerprint density at radius 1 is 1.83 bits per heavy atom. The zero-order chi connectivity index (χ0) is 4.41. The minimum atomic E-state index is 0.927. The van der Waals surface area contributed by atoms with Crippen molar-refractivity contribution in [3.05, 3.63) is 0 Å². The second kappa shape index (κ2) is 1.29. The van der Waals surface area contributed by atoms with E-state index in [1.54, 1.807) is 0 Å². The topological polar surface area (TPSA) is 15.6 Å².